The second kappa shape index (κ2) is 42.9. The van der Waals surface area contributed by atoms with E-state index in [1.807, 2.05) is 83.7 Å². The summed E-state index contributed by atoms with van der Waals surface area (Å²) in [5.74, 6) is 0.345. The van der Waals surface area contributed by atoms with Crippen LogP contribution in [0.5, 0.6) is 0 Å². The first-order chi connectivity index (χ1) is 64.9. The van der Waals surface area contributed by atoms with Gasteiger partial charge in [0.25, 0.3) is 0 Å². The fraction of sp³-hybridized carbons (Fsp3) is 0.430. The Morgan fingerprint density at radius 1 is 0.358 bits per heavy atom. The predicted octanol–water partition coefficient (Wildman–Crippen LogP) is 21.2. The average molecular weight is 1960 g/mol. The van der Waals surface area contributed by atoms with Gasteiger partial charge in [0.15, 0.2) is 23.1 Å². The van der Waals surface area contributed by atoms with Gasteiger partial charge in [0, 0.05) is 196 Å². The van der Waals surface area contributed by atoms with Crippen molar-refractivity contribution in [2.75, 3.05) is 65.4 Å². The fourth-order valence-corrected chi connectivity index (χ4v) is 30.5. The molecule has 12 aromatic heterocycles. The average Bonchev–Trinajstić information content (AvgIpc) is 1.53. The number of carbonyl (C=O) groups is 10. The summed E-state index contributed by atoms with van der Waals surface area (Å²) < 4.78 is 7.44. The van der Waals surface area contributed by atoms with Gasteiger partial charge in [-0.15, -0.1) is 90.7 Å². The molecular formula is C100H116N16O10S8. The molecule has 704 valence electrons. The minimum absolute atomic E-state index is 0.0147. The van der Waals surface area contributed by atoms with Crippen molar-refractivity contribution in [1.29, 1.82) is 0 Å². The molecule has 0 bridgehead atoms. The fourth-order valence-electron chi connectivity index (χ4n) is 19.8. The number of ketones is 4. The van der Waals surface area contributed by atoms with Crippen LogP contribution in [-0.2, 0) is 126 Å². The van der Waals surface area contributed by atoms with Crippen molar-refractivity contribution >= 4 is 185 Å². The number of hydrogen-bond donors (Lipinski definition) is 8. The lowest BCUT2D eigenvalue weighted by molar-refractivity contribution is -0.121. The van der Waals surface area contributed by atoms with Crippen LogP contribution in [0.1, 0.15) is 256 Å². The van der Waals surface area contributed by atoms with Crippen LogP contribution in [0.2, 0.25) is 0 Å². The van der Waals surface area contributed by atoms with E-state index in [4.69, 9.17) is 0 Å². The monoisotopic (exact) mass is 1960 g/mol. The van der Waals surface area contributed by atoms with Crippen molar-refractivity contribution in [1.82, 2.24) is 54.7 Å². The molecule has 26 nitrogen and oxygen atoms in total. The summed E-state index contributed by atoms with van der Waals surface area (Å²) in [6, 6.07) is 12.9. The lowest BCUT2D eigenvalue weighted by Crippen LogP contribution is -2.33. The van der Waals surface area contributed by atoms with Gasteiger partial charge in [-0.3, -0.25) is 69.7 Å². The molecule has 0 saturated carbocycles. The SMILES string of the molecule is CC(=O)c1c(NC(=O)NCc2c(-n3cccc3)sc3c2CCN(CC(C)C)C3)sc2c1CCCC2.CC(=O)c1c(NC(=O)NCc2c(-n3cccc3)sc3cnccc23)sc2c1CCCC2.CCN1CCc2c(sc(-n3cccc3)c2CNC(=O)Nc2sc3c(c2C(C)=O)CCCC3)C1.CCN1CCc2c(sc(N3C(=O)CCC3=O)c2CNC(=O)Nc2sc3c(c2C(C)=O)CCCC3)C1. The first-order valence-electron chi connectivity index (χ1n) is 46.9. The summed E-state index contributed by atoms with van der Waals surface area (Å²) in [6.07, 6.45) is 35.7. The van der Waals surface area contributed by atoms with E-state index in [0.717, 1.165) is 240 Å². The zero-order chi connectivity index (χ0) is 93.5. The normalized spacial score (nSPS) is 15.7. The standard InChI is InChI=1S/C27H34N4O2S2.C25H30N4O4S2.C25H30N4O2S2.C23H22N4O2S2/c1-17(2)15-30-13-10-19-21(26(35-23(19)16-30)31-11-6-7-12-31)14-28-27(33)29-25-24(18(3)32)20-8-4-5-9-22(20)34-25;1-3-28-11-10-15-17(24(35-19(15)13-28)29-20(31)8-9-21(29)32)12-26-25(33)27-23-22(14(2)30)16-6-4-5-7-18(16)34-23;1-3-28-13-10-17-19(24(33-21(17)15-28)29-11-6-7-12-29)14-26-25(31)27-23-22(16(2)30)18-8-4-5-9-20(18)32-23;1-14(28)20-16-6-2-3-7-18(16)30-21(20)26-23(29)25-12-17-15-8-9-24-13-19(15)31-22(17)27-10-4-5-11-27/h6-7,11-12,17H,4-5,8-10,13-16H2,1-3H3,(H2,28,29,33);3-13H2,1-2H3,(H2,26,27,33);6-7,11-12H,3-5,8-10,13-15H2,1-2H3,(H2,26,27,31);4-5,8-11,13H,2-3,6-7,12H2,1H3,(H2,25,26,29). The molecular weight excluding hydrogens is 1840 g/mol. The molecule has 4 aliphatic heterocycles. The Labute approximate surface area is 813 Å². The Bertz CT molecular complexity index is 6390. The van der Waals surface area contributed by atoms with E-state index < -0.39 is 0 Å². The highest BCUT2D eigenvalue weighted by Gasteiger charge is 2.38. The number of aryl methyl sites for hydroxylation is 4. The van der Waals surface area contributed by atoms with E-state index in [-0.39, 0.29) is 78.5 Å². The molecule has 0 unspecified atom stereocenters. The van der Waals surface area contributed by atoms with E-state index in [2.05, 4.69) is 128 Å². The van der Waals surface area contributed by atoms with Gasteiger partial charge in [-0.05, 0) is 250 Å². The number of nitrogens with one attached hydrogen (secondary N) is 8. The van der Waals surface area contributed by atoms with Crippen molar-refractivity contribution in [2.45, 2.75) is 236 Å². The van der Waals surface area contributed by atoms with Gasteiger partial charge < -0.3 is 35.0 Å². The molecule has 12 aromatic rings. The molecule has 1 saturated heterocycles. The Morgan fingerprint density at radius 3 is 1.00 bits per heavy atom. The molecule has 16 heterocycles. The third-order valence-electron chi connectivity index (χ3n) is 26.2. The van der Waals surface area contributed by atoms with Crippen molar-refractivity contribution in [3.05, 3.63) is 210 Å². The molecule has 34 heteroatoms. The van der Waals surface area contributed by atoms with Gasteiger partial charge in [0.05, 0.1) is 27.0 Å². The second-order valence-electron chi connectivity index (χ2n) is 35.7. The number of pyridine rings is 1. The van der Waals surface area contributed by atoms with Gasteiger partial charge in [0.1, 0.15) is 40.0 Å². The van der Waals surface area contributed by atoms with E-state index in [1.165, 1.54) is 89.1 Å². The van der Waals surface area contributed by atoms with E-state index in [9.17, 15) is 47.9 Å². The maximum atomic E-state index is 13.0. The maximum absolute atomic E-state index is 13.0. The van der Waals surface area contributed by atoms with E-state index in [0.29, 0.717) is 72.8 Å². The maximum Gasteiger partial charge on any atom is 0.320 e. The quantitative estimate of drug-likeness (QED) is 0.0206. The zero-order valence-electron chi connectivity index (χ0n) is 77.2. The van der Waals surface area contributed by atoms with Crippen LogP contribution in [0.15, 0.2) is 92.0 Å². The Balaban J connectivity index is 0.000000125. The summed E-state index contributed by atoms with van der Waals surface area (Å²) in [4.78, 5) is 148. The smallest absolute Gasteiger partial charge is 0.320 e. The molecule has 20 rings (SSSR count). The van der Waals surface area contributed by atoms with Crippen molar-refractivity contribution in [3.63, 3.8) is 0 Å². The Hall–Kier alpha value is -10.4. The third-order valence-corrected chi connectivity index (χ3v) is 36.1. The van der Waals surface area contributed by atoms with E-state index >= 15 is 0 Å². The van der Waals surface area contributed by atoms with Gasteiger partial charge in [-0.1, -0.05) is 27.7 Å². The van der Waals surface area contributed by atoms with Gasteiger partial charge >= 0.3 is 24.1 Å². The van der Waals surface area contributed by atoms with Crippen LogP contribution in [0, 0.1) is 5.92 Å². The number of carbonyl (C=O) groups excluding carboxylic acids is 10. The number of aromatic nitrogens is 4. The van der Waals surface area contributed by atoms with Crippen LogP contribution in [0.4, 0.5) is 44.2 Å². The molecule has 0 atom stereocenters. The minimum atomic E-state index is -0.387. The summed E-state index contributed by atoms with van der Waals surface area (Å²) in [5.41, 5.74) is 15.5. The predicted molar refractivity (Wildman–Crippen MR) is 543 cm³/mol. The number of amides is 10. The largest absolute Gasteiger partial charge is 0.334 e. The summed E-state index contributed by atoms with van der Waals surface area (Å²) in [5, 5.41) is 31.8. The third kappa shape index (κ3) is 21.1. The number of likely N-dealkylation sites (N-methyl/N-ethyl adjacent to an activating group) is 2. The lowest BCUT2D eigenvalue weighted by atomic mass is 9.94. The Kier molecular flexibility index (Phi) is 30.5. The number of rotatable bonds is 24. The topological polar surface area (TPSA) is 308 Å². The van der Waals surface area contributed by atoms with Crippen LogP contribution in [0.3, 0.4) is 0 Å². The number of anilines is 5. The van der Waals surface area contributed by atoms with Crippen LogP contribution in [0.25, 0.3) is 25.1 Å². The zero-order valence-corrected chi connectivity index (χ0v) is 83.7. The minimum Gasteiger partial charge on any atom is -0.334 e. The lowest BCUT2D eigenvalue weighted by Gasteiger charge is -2.28. The van der Waals surface area contributed by atoms with Crippen molar-refractivity contribution in [3.8, 4) is 15.0 Å². The summed E-state index contributed by atoms with van der Waals surface area (Å²) >= 11 is 13.0. The Morgan fingerprint density at radius 2 is 0.664 bits per heavy atom. The molecule has 8 N–H and O–H groups in total. The highest BCUT2D eigenvalue weighted by atomic mass is 32.1. The summed E-state index contributed by atoms with van der Waals surface area (Å²) in [6.45, 7) is 25.6. The van der Waals surface area contributed by atoms with Crippen LogP contribution >= 0.6 is 90.7 Å². The van der Waals surface area contributed by atoms with Gasteiger partial charge in [-0.25, -0.2) is 24.1 Å². The number of thiophene rings is 8. The highest BCUT2D eigenvalue weighted by Crippen LogP contribution is 2.47. The van der Waals surface area contributed by atoms with E-state index in [1.54, 1.807) is 79.2 Å². The number of urea groups is 4. The molecule has 134 heavy (non-hydrogen) atoms. The molecule has 1 fully saturated rings. The van der Waals surface area contributed by atoms with Gasteiger partial charge in [-0.2, -0.15) is 0 Å². The second-order valence-corrected chi connectivity index (χ2v) is 44.4. The first-order valence-corrected chi connectivity index (χ1v) is 53.5. The molecule has 0 spiro atoms. The van der Waals surface area contributed by atoms with Crippen molar-refractivity contribution < 1.29 is 47.9 Å². The molecule has 4 aliphatic carbocycles. The number of hydrogen-bond acceptors (Lipinski definition) is 22. The number of fused-ring (bicyclic) bond motifs is 8. The summed E-state index contributed by atoms with van der Waals surface area (Å²) in [7, 11) is 0. The van der Waals surface area contributed by atoms with Crippen molar-refractivity contribution in [2.24, 2.45) is 5.92 Å². The van der Waals surface area contributed by atoms with Crippen LogP contribution < -0.4 is 47.4 Å². The number of nitrogens with zero attached hydrogens (tertiary/aromatic N) is 8. The molecule has 10 amide bonds. The van der Waals surface area contributed by atoms with Crippen LogP contribution in [-0.4, -0.2) is 132 Å². The highest BCUT2D eigenvalue weighted by molar-refractivity contribution is 7.22. The molecule has 0 radical (unpaired) electrons. The molecule has 8 aliphatic rings. The number of imide groups is 1. The van der Waals surface area contributed by atoms with Gasteiger partial charge in [0.2, 0.25) is 11.8 Å². The first kappa shape index (κ1) is 95.4. The number of Topliss-reactive ketones (excluding diaryl/α,β-unsaturated/α-hetero) is 4. The molecule has 0 aromatic carbocycles.